The highest BCUT2D eigenvalue weighted by molar-refractivity contribution is 5.31. The molecule has 0 radical (unpaired) electrons. The van der Waals surface area contributed by atoms with Crippen LogP contribution in [0.15, 0.2) is 12.1 Å². The first-order chi connectivity index (χ1) is 5.65. The van der Waals surface area contributed by atoms with Gasteiger partial charge in [-0.15, -0.1) is 0 Å². The molecule has 0 fully saturated rings. The maximum Gasteiger partial charge on any atom is 0.128 e. The molecule has 0 saturated carbocycles. The van der Waals surface area contributed by atoms with E-state index >= 15 is 0 Å². The lowest BCUT2D eigenvalue weighted by Gasteiger charge is -2.07. The van der Waals surface area contributed by atoms with Crippen molar-refractivity contribution in [3.05, 3.63) is 34.6 Å². The van der Waals surface area contributed by atoms with Gasteiger partial charge in [-0.05, 0) is 31.0 Å². The largest absolute Gasteiger partial charge is 0.271 e. The summed E-state index contributed by atoms with van der Waals surface area (Å²) in [7, 11) is 0. The van der Waals surface area contributed by atoms with Crippen molar-refractivity contribution in [3.8, 4) is 0 Å². The molecule has 0 aliphatic rings. The number of aryl methyl sites for hydroxylation is 2. The Morgan fingerprint density at radius 2 is 2.08 bits per heavy atom. The van der Waals surface area contributed by atoms with Crippen LogP contribution >= 0.6 is 0 Å². The van der Waals surface area contributed by atoms with Crippen LogP contribution in [-0.4, -0.2) is 0 Å². The summed E-state index contributed by atoms with van der Waals surface area (Å²) in [5, 5.41) is 0. The zero-order valence-electron chi connectivity index (χ0n) is 7.32. The minimum absolute atomic E-state index is 0.189. The molecular weight excluding hydrogens is 155 g/mol. The van der Waals surface area contributed by atoms with Gasteiger partial charge in [0.2, 0.25) is 0 Å². The van der Waals surface area contributed by atoms with E-state index in [4.69, 9.17) is 5.84 Å². The van der Waals surface area contributed by atoms with Crippen LogP contribution in [0.3, 0.4) is 0 Å². The molecule has 0 saturated heterocycles. The molecular formula is C9H13FN2. The Morgan fingerprint density at radius 3 is 2.58 bits per heavy atom. The molecule has 0 spiro atoms. The van der Waals surface area contributed by atoms with Crippen molar-refractivity contribution in [1.29, 1.82) is 0 Å². The predicted octanol–water partition coefficient (Wildman–Crippen LogP) is 1.41. The quantitative estimate of drug-likeness (QED) is 0.517. The summed E-state index contributed by atoms with van der Waals surface area (Å²) in [5.41, 5.74) is 4.96. The van der Waals surface area contributed by atoms with Crippen LogP contribution in [0, 0.1) is 19.7 Å². The molecule has 0 amide bonds. The van der Waals surface area contributed by atoms with E-state index < -0.39 is 0 Å². The minimum Gasteiger partial charge on any atom is -0.271 e. The molecule has 12 heavy (non-hydrogen) atoms. The van der Waals surface area contributed by atoms with Crippen LogP contribution in [0.5, 0.6) is 0 Å². The molecule has 1 aromatic carbocycles. The average molecular weight is 168 g/mol. The van der Waals surface area contributed by atoms with Crippen LogP contribution < -0.4 is 11.3 Å². The van der Waals surface area contributed by atoms with Gasteiger partial charge < -0.3 is 0 Å². The molecule has 66 valence electrons. The Balaban J connectivity index is 3.10. The van der Waals surface area contributed by atoms with E-state index in [0.717, 1.165) is 11.1 Å². The number of hydrogen-bond acceptors (Lipinski definition) is 2. The van der Waals surface area contributed by atoms with E-state index in [2.05, 4.69) is 5.43 Å². The molecule has 0 atom stereocenters. The van der Waals surface area contributed by atoms with Crippen molar-refractivity contribution < 1.29 is 4.39 Å². The van der Waals surface area contributed by atoms with E-state index in [9.17, 15) is 4.39 Å². The molecule has 0 unspecified atom stereocenters. The molecule has 0 aliphatic carbocycles. The highest BCUT2D eigenvalue weighted by Crippen LogP contribution is 2.14. The molecule has 1 rings (SSSR count). The number of rotatable bonds is 2. The van der Waals surface area contributed by atoms with Crippen molar-refractivity contribution in [1.82, 2.24) is 5.43 Å². The summed E-state index contributed by atoms with van der Waals surface area (Å²) in [4.78, 5) is 0. The molecule has 0 aromatic heterocycles. The first-order valence-electron chi connectivity index (χ1n) is 3.84. The molecule has 3 N–H and O–H groups in total. The summed E-state index contributed by atoms with van der Waals surface area (Å²) in [6, 6.07) is 3.45. The first kappa shape index (κ1) is 9.16. The number of hydrazine groups is 1. The fourth-order valence-electron chi connectivity index (χ4n) is 1.27. The topological polar surface area (TPSA) is 38.0 Å². The number of nitrogens with two attached hydrogens (primary N) is 1. The molecule has 0 heterocycles. The number of nitrogens with one attached hydrogen (secondary N) is 1. The van der Waals surface area contributed by atoms with Crippen molar-refractivity contribution in [2.45, 2.75) is 20.4 Å². The van der Waals surface area contributed by atoms with Crippen LogP contribution in [0.4, 0.5) is 4.39 Å². The summed E-state index contributed by atoms with van der Waals surface area (Å²) in [5.74, 6) is 4.93. The zero-order valence-corrected chi connectivity index (χ0v) is 7.32. The average Bonchev–Trinajstić information content (AvgIpc) is 1.96. The van der Waals surface area contributed by atoms with E-state index in [-0.39, 0.29) is 5.82 Å². The lowest BCUT2D eigenvalue weighted by molar-refractivity contribution is 0.590. The van der Waals surface area contributed by atoms with Crippen LogP contribution in [0.2, 0.25) is 0 Å². The van der Waals surface area contributed by atoms with E-state index in [1.165, 1.54) is 6.07 Å². The fraction of sp³-hybridized carbons (Fsp3) is 0.333. The maximum atomic E-state index is 13.2. The Bertz CT molecular complexity index is 261. The Kier molecular flexibility index (Phi) is 2.78. The number of hydrogen-bond donors (Lipinski definition) is 2. The maximum absolute atomic E-state index is 13.2. The summed E-state index contributed by atoms with van der Waals surface area (Å²) < 4.78 is 13.2. The van der Waals surface area contributed by atoms with Gasteiger partial charge >= 0.3 is 0 Å². The van der Waals surface area contributed by atoms with Crippen molar-refractivity contribution >= 4 is 0 Å². The third kappa shape index (κ3) is 1.81. The van der Waals surface area contributed by atoms with Gasteiger partial charge in [-0.3, -0.25) is 11.3 Å². The van der Waals surface area contributed by atoms with Gasteiger partial charge in [0, 0.05) is 12.1 Å². The Hall–Kier alpha value is -0.930. The zero-order chi connectivity index (χ0) is 9.14. The summed E-state index contributed by atoms with van der Waals surface area (Å²) in [6.45, 7) is 4.12. The third-order valence-electron chi connectivity index (χ3n) is 1.84. The minimum atomic E-state index is -0.189. The highest BCUT2D eigenvalue weighted by atomic mass is 19.1. The molecule has 2 nitrogen and oxygen atoms in total. The Morgan fingerprint density at radius 1 is 1.42 bits per heavy atom. The van der Waals surface area contributed by atoms with Gasteiger partial charge in [0.15, 0.2) is 0 Å². The monoisotopic (exact) mass is 168 g/mol. The molecule has 0 bridgehead atoms. The molecule has 1 aromatic rings. The summed E-state index contributed by atoms with van der Waals surface area (Å²) >= 11 is 0. The lowest BCUT2D eigenvalue weighted by atomic mass is 10.1. The smallest absolute Gasteiger partial charge is 0.128 e. The van der Waals surface area contributed by atoms with Crippen LogP contribution in [0.1, 0.15) is 16.7 Å². The van der Waals surface area contributed by atoms with Gasteiger partial charge in [0.25, 0.3) is 0 Å². The van der Waals surface area contributed by atoms with E-state index in [1.54, 1.807) is 0 Å². The van der Waals surface area contributed by atoms with Crippen LogP contribution in [-0.2, 0) is 6.54 Å². The van der Waals surface area contributed by atoms with Gasteiger partial charge in [-0.25, -0.2) is 4.39 Å². The third-order valence-corrected chi connectivity index (χ3v) is 1.84. The van der Waals surface area contributed by atoms with Gasteiger partial charge in [0.05, 0.1) is 0 Å². The fourth-order valence-corrected chi connectivity index (χ4v) is 1.27. The second-order valence-electron chi connectivity index (χ2n) is 2.92. The van der Waals surface area contributed by atoms with Gasteiger partial charge in [-0.1, -0.05) is 6.07 Å². The first-order valence-corrected chi connectivity index (χ1v) is 3.84. The normalized spacial score (nSPS) is 10.3. The number of halogens is 1. The van der Waals surface area contributed by atoms with Crippen LogP contribution in [0.25, 0.3) is 0 Å². The van der Waals surface area contributed by atoms with Gasteiger partial charge in [0.1, 0.15) is 5.82 Å². The van der Waals surface area contributed by atoms with E-state index in [1.807, 2.05) is 19.9 Å². The Labute approximate surface area is 71.6 Å². The lowest BCUT2D eigenvalue weighted by Crippen LogP contribution is -2.22. The van der Waals surface area contributed by atoms with Gasteiger partial charge in [-0.2, -0.15) is 0 Å². The SMILES string of the molecule is Cc1cc(C)c(CNN)c(F)c1. The predicted molar refractivity (Wildman–Crippen MR) is 46.9 cm³/mol. The van der Waals surface area contributed by atoms with Crippen molar-refractivity contribution in [3.63, 3.8) is 0 Å². The number of benzene rings is 1. The van der Waals surface area contributed by atoms with E-state index in [0.29, 0.717) is 12.1 Å². The molecule has 0 aliphatic heterocycles. The standard InChI is InChI=1S/C9H13FN2/c1-6-3-7(2)8(5-12-11)9(10)4-6/h3-4,12H,5,11H2,1-2H3. The van der Waals surface area contributed by atoms with Crippen molar-refractivity contribution in [2.75, 3.05) is 0 Å². The van der Waals surface area contributed by atoms with Crippen molar-refractivity contribution in [2.24, 2.45) is 5.84 Å². The summed E-state index contributed by atoms with van der Waals surface area (Å²) in [6.07, 6.45) is 0. The second kappa shape index (κ2) is 3.65. The highest BCUT2D eigenvalue weighted by Gasteiger charge is 2.04. The second-order valence-corrected chi connectivity index (χ2v) is 2.92. The molecule has 3 heteroatoms.